The zero-order valence-electron chi connectivity index (χ0n) is 13.2. The lowest BCUT2D eigenvalue weighted by Crippen LogP contribution is -2.50. The van der Waals surface area contributed by atoms with Crippen molar-refractivity contribution in [3.05, 3.63) is 28.8 Å². The number of rotatable bonds is 2. The number of benzene rings is 1. The van der Waals surface area contributed by atoms with Gasteiger partial charge in [-0.1, -0.05) is 11.6 Å². The third kappa shape index (κ3) is 2.78. The van der Waals surface area contributed by atoms with Crippen LogP contribution in [-0.2, 0) is 14.3 Å². The summed E-state index contributed by atoms with van der Waals surface area (Å²) in [5.74, 6) is 0.0211. The summed E-state index contributed by atoms with van der Waals surface area (Å²) >= 11 is 7.66. The highest BCUT2D eigenvalue weighted by atomic mass is 35.5. The van der Waals surface area contributed by atoms with E-state index in [1.807, 2.05) is 13.8 Å². The summed E-state index contributed by atoms with van der Waals surface area (Å²) in [4.78, 5) is 26.6. The van der Waals surface area contributed by atoms with Gasteiger partial charge in [0.25, 0.3) is 5.91 Å². The molecule has 2 aliphatic heterocycles. The van der Waals surface area contributed by atoms with E-state index in [9.17, 15) is 9.59 Å². The molecule has 0 radical (unpaired) electrons. The number of nitrogens with zero attached hydrogens (tertiary/aromatic N) is 1. The smallest absolute Gasteiger partial charge is 0.330 e. The molecule has 1 aromatic rings. The van der Waals surface area contributed by atoms with E-state index in [-0.39, 0.29) is 30.5 Å². The Morgan fingerprint density at radius 3 is 2.96 bits per heavy atom. The predicted octanol–water partition coefficient (Wildman–Crippen LogP) is 3.02. The Labute approximate surface area is 144 Å². The predicted molar refractivity (Wildman–Crippen MR) is 88.6 cm³/mol. The first kappa shape index (κ1) is 16.5. The van der Waals surface area contributed by atoms with Crippen LogP contribution in [0.15, 0.2) is 18.2 Å². The van der Waals surface area contributed by atoms with Gasteiger partial charge < -0.3 is 14.4 Å². The summed E-state index contributed by atoms with van der Waals surface area (Å²) in [5, 5.41) is 0.253. The van der Waals surface area contributed by atoms with Crippen LogP contribution in [0.25, 0.3) is 0 Å². The summed E-state index contributed by atoms with van der Waals surface area (Å²) in [5.41, 5.74) is 0.813. The Balaban J connectivity index is 2.08. The third-order valence-electron chi connectivity index (χ3n) is 3.99. The van der Waals surface area contributed by atoms with E-state index >= 15 is 0 Å². The minimum absolute atomic E-state index is 0.0995. The molecule has 2 atom stereocenters. The van der Waals surface area contributed by atoms with Gasteiger partial charge in [-0.3, -0.25) is 4.79 Å². The standard InChI is InChI=1S/C16H18ClNO4S/c1-4-21-15(20)13-16(2,3)23-14-10-7-9(17)5-6-11(10)22-8-12(19)18(13)14/h5-7,13-14H,4,8H2,1-3H3/t13-,14-/m0/s1. The SMILES string of the molecule is CCOC(=O)[C@@H]1N2C(=O)COc3ccc(Cl)cc3[C@@H]2SC1(C)C. The first-order valence-electron chi connectivity index (χ1n) is 7.43. The number of carbonyl (C=O) groups excluding carboxylic acids is 2. The highest BCUT2D eigenvalue weighted by molar-refractivity contribution is 8.01. The van der Waals surface area contributed by atoms with Crippen molar-refractivity contribution in [2.24, 2.45) is 0 Å². The first-order chi connectivity index (χ1) is 10.8. The van der Waals surface area contributed by atoms with Crippen LogP contribution in [0.4, 0.5) is 0 Å². The van der Waals surface area contributed by atoms with E-state index in [1.165, 1.54) is 0 Å². The van der Waals surface area contributed by atoms with Crippen LogP contribution < -0.4 is 4.74 Å². The molecule has 0 aromatic heterocycles. The zero-order valence-corrected chi connectivity index (χ0v) is 14.7. The summed E-state index contributed by atoms with van der Waals surface area (Å²) < 4.78 is 10.3. The quantitative estimate of drug-likeness (QED) is 0.763. The normalized spacial score (nSPS) is 25.2. The van der Waals surface area contributed by atoms with Gasteiger partial charge in [0.15, 0.2) is 6.61 Å². The van der Waals surface area contributed by atoms with Crippen molar-refractivity contribution in [2.45, 2.75) is 36.9 Å². The second-order valence-electron chi connectivity index (χ2n) is 6.00. The number of hydrogen-bond acceptors (Lipinski definition) is 5. The van der Waals surface area contributed by atoms with Gasteiger partial charge in [-0.05, 0) is 39.0 Å². The number of ether oxygens (including phenoxy) is 2. The summed E-state index contributed by atoms with van der Waals surface area (Å²) in [6.07, 6.45) is 0. The number of hydrogen-bond donors (Lipinski definition) is 0. The zero-order chi connectivity index (χ0) is 16.8. The van der Waals surface area contributed by atoms with Gasteiger partial charge in [-0.25, -0.2) is 4.79 Å². The lowest BCUT2D eigenvalue weighted by atomic mass is 10.0. The molecule has 0 spiro atoms. The fourth-order valence-corrected chi connectivity index (χ4v) is 4.80. The van der Waals surface area contributed by atoms with Crippen LogP contribution >= 0.6 is 23.4 Å². The van der Waals surface area contributed by atoms with Gasteiger partial charge >= 0.3 is 5.97 Å². The topological polar surface area (TPSA) is 55.8 Å². The van der Waals surface area contributed by atoms with Crippen molar-refractivity contribution in [2.75, 3.05) is 13.2 Å². The van der Waals surface area contributed by atoms with Crippen LogP contribution in [0.2, 0.25) is 5.02 Å². The van der Waals surface area contributed by atoms with Crippen LogP contribution in [0, 0.1) is 0 Å². The van der Waals surface area contributed by atoms with E-state index in [4.69, 9.17) is 21.1 Å². The molecule has 1 aromatic carbocycles. The molecule has 1 amide bonds. The molecule has 0 bridgehead atoms. The minimum atomic E-state index is -0.654. The van der Waals surface area contributed by atoms with E-state index < -0.39 is 10.8 Å². The molecule has 0 aliphatic carbocycles. The molecule has 0 saturated carbocycles. The van der Waals surface area contributed by atoms with Crippen molar-refractivity contribution in [3.8, 4) is 5.75 Å². The number of amides is 1. The Hall–Kier alpha value is -1.40. The summed E-state index contributed by atoms with van der Waals surface area (Å²) in [6, 6.07) is 4.64. The van der Waals surface area contributed by atoms with Crippen molar-refractivity contribution in [3.63, 3.8) is 0 Å². The monoisotopic (exact) mass is 355 g/mol. The van der Waals surface area contributed by atoms with Crippen molar-refractivity contribution in [1.82, 2.24) is 4.90 Å². The highest BCUT2D eigenvalue weighted by Gasteiger charge is 2.55. The Morgan fingerprint density at radius 1 is 1.52 bits per heavy atom. The number of halogens is 1. The van der Waals surface area contributed by atoms with Gasteiger partial charge in [-0.2, -0.15) is 0 Å². The highest BCUT2D eigenvalue weighted by Crippen LogP contribution is 2.55. The van der Waals surface area contributed by atoms with Gasteiger partial charge in [0.1, 0.15) is 17.2 Å². The molecular weight excluding hydrogens is 338 g/mol. The van der Waals surface area contributed by atoms with Crippen molar-refractivity contribution < 1.29 is 19.1 Å². The maximum Gasteiger partial charge on any atom is 0.330 e. The molecule has 7 heteroatoms. The van der Waals surface area contributed by atoms with Crippen LogP contribution in [0.1, 0.15) is 31.7 Å². The van der Waals surface area contributed by atoms with Crippen molar-refractivity contribution in [1.29, 1.82) is 0 Å². The fourth-order valence-electron chi connectivity index (χ4n) is 3.04. The molecule has 5 nitrogen and oxygen atoms in total. The Kier molecular flexibility index (Phi) is 4.23. The molecule has 23 heavy (non-hydrogen) atoms. The summed E-state index contributed by atoms with van der Waals surface area (Å²) in [6.45, 7) is 5.84. The maximum atomic E-state index is 12.6. The average Bonchev–Trinajstić information content (AvgIpc) is 2.70. The van der Waals surface area contributed by atoms with Crippen LogP contribution in [-0.4, -0.2) is 40.8 Å². The second kappa shape index (κ2) is 5.91. The van der Waals surface area contributed by atoms with Gasteiger partial charge in [-0.15, -0.1) is 11.8 Å². The fraction of sp³-hybridized carbons (Fsp3) is 0.500. The molecule has 0 unspecified atom stereocenters. The molecular formula is C16H18ClNO4S. The Bertz CT molecular complexity index is 663. The van der Waals surface area contributed by atoms with Gasteiger partial charge in [0, 0.05) is 15.3 Å². The van der Waals surface area contributed by atoms with Crippen LogP contribution in [0.5, 0.6) is 5.75 Å². The van der Waals surface area contributed by atoms with Crippen LogP contribution in [0.3, 0.4) is 0 Å². The maximum absolute atomic E-state index is 12.6. The number of thioether (sulfide) groups is 1. The third-order valence-corrected chi connectivity index (χ3v) is 5.76. The molecule has 2 aliphatic rings. The molecule has 3 rings (SSSR count). The second-order valence-corrected chi connectivity index (χ2v) is 8.17. The van der Waals surface area contributed by atoms with Crippen molar-refractivity contribution >= 4 is 35.2 Å². The molecule has 124 valence electrons. The van der Waals surface area contributed by atoms with E-state index in [0.29, 0.717) is 10.8 Å². The lowest BCUT2D eigenvalue weighted by molar-refractivity contribution is -0.156. The number of esters is 1. The largest absolute Gasteiger partial charge is 0.483 e. The number of carbonyl (C=O) groups is 2. The molecule has 0 N–H and O–H groups in total. The van der Waals surface area contributed by atoms with E-state index in [2.05, 4.69) is 0 Å². The van der Waals surface area contributed by atoms with E-state index in [0.717, 1.165) is 5.56 Å². The molecule has 1 saturated heterocycles. The summed E-state index contributed by atoms with van der Waals surface area (Å²) in [7, 11) is 0. The average molecular weight is 356 g/mol. The number of fused-ring (bicyclic) bond motifs is 3. The first-order valence-corrected chi connectivity index (χ1v) is 8.68. The molecule has 2 heterocycles. The minimum Gasteiger partial charge on any atom is -0.483 e. The van der Waals surface area contributed by atoms with Gasteiger partial charge in [0.2, 0.25) is 0 Å². The Morgan fingerprint density at radius 2 is 2.26 bits per heavy atom. The van der Waals surface area contributed by atoms with E-state index in [1.54, 1.807) is 41.8 Å². The molecule has 1 fully saturated rings. The van der Waals surface area contributed by atoms with Gasteiger partial charge in [0.05, 0.1) is 6.61 Å². The lowest BCUT2D eigenvalue weighted by Gasteiger charge is -2.29.